The molecule has 1 aromatic carbocycles. The Morgan fingerprint density at radius 2 is 1.52 bits per heavy atom. The van der Waals surface area contributed by atoms with Gasteiger partial charge in [-0.2, -0.15) is 0 Å². The third-order valence-electron chi connectivity index (χ3n) is 5.52. The number of nitrogens with one attached hydrogen (secondary N) is 1. The van der Waals surface area contributed by atoms with Crippen molar-refractivity contribution in [3.05, 3.63) is 35.4 Å². The summed E-state index contributed by atoms with van der Waals surface area (Å²) in [6.07, 6.45) is 15.2. The molecule has 0 bridgehead atoms. The van der Waals surface area contributed by atoms with Gasteiger partial charge >= 0.3 is 0 Å². The van der Waals surface area contributed by atoms with Gasteiger partial charge in [0.25, 0.3) is 0 Å². The van der Waals surface area contributed by atoms with E-state index < -0.39 is 0 Å². The minimum Gasteiger partial charge on any atom is -0.314 e. The maximum absolute atomic E-state index is 3.61. The van der Waals surface area contributed by atoms with E-state index in [1.165, 1.54) is 81.9 Å². The minimum atomic E-state index is 0.764. The highest BCUT2D eigenvalue weighted by Gasteiger charge is 2.11. The fourth-order valence-electron chi connectivity index (χ4n) is 3.76. The minimum absolute atomic E-state index is 0.764. The number of aryl methyl sites for hydroxylation is 2. The normalized spacial score (nSPS) is 22.3. The van der Waals surface area contributed by atoms with Crippen LogP contribution in [0.4, 0.5) is 0 Å². The molecule has 2 fully saturated rings. The van der Waals surface area contributed by atoms with Crippen LogP contribution in [0.2, 0.25) is 0 Å². The van der Waals surface area contributed by atoms with Gasteiger partial charge in [-0.25, -0.2) is 0 Å². The van der Waals surface area contributed by atoms with E-state index in [9.17, 15) is 0 Å². The Kier molecular flexibility index (Phi) is 8.74. The van der Waals surface area contributed by atoms with Gasteiger partial charge in [0, 0.05) is 6.04 Å². The topological polar surface area (TPSA) is 12.0 Å². The third-order valence-corrected chi connectivity index (χ3v) is 5.52. The molecule has 1 nitrogen and oxygen atoms in total. The fourth-order valence-corrected chi connectivity index (χ4v) is 3.76. The van der Waals surface area contributed by atoms with Crippen LogP contribution in [0.3, 0.4) is 0 Å². The van der Waals surface area contributed by atoms with E-state index in [1.54, 1.807) is 0 Å². The Labute approximate surface area is 144 Å². The number of hydrogen-bond donors (Lipinski definition) is 1. The maximum atomic E-state index is 3.61. The summed E-state index contributed by atoms with van der Waals surface area (Å²) in [5, 5.41) is 3.61. The summed E-state index contributed by atoms with van der Waals surface area (Å²) in [6.45, 7) is 5.79. The number of hydrogen-bond acceptors (Lipinski definition) is 1. The highest BCUT2D eigenvalue weighted by atomic mass is 14.9. The molecule has 130 valence electrons. The molecule has 1 saturated heterocycles. The van der Waals surface area contributed by atoms with Crippen LogP contribution in [0.15, 0.2) is 24.3 Å². The molecule has 1 atom stereocenters. The molecule has 0 amide bonds. The van der Waals surface area contributed by atoms with Crippen molar-refractivity contribution in [2.24, 2.45) is 5.92 Å². The molecule has 1 aliphatic heterocycles. The molecular formula is C22H37N. The van der Waals surface area contributed by atoms with Crippen molar-refractivity contribution < 1.29 is 0 Å². The molecule has 1 heterocycles. The summed E-state index contributed by atoms with van der Waals surface area (Å²) in [6, 6.07) is 9.89. The average molecular weight is 316 g/mol. The Morgan fingerprint density at radius 3 is 2.04 bits per heavy atom. The van der Waals surface area contributed by atoms with Gasteiger partial charge in [0.15, 0.2) is 0 Å². The van der Waals surface area contributed by atoms with Crippen LogP contribution >= 0.6 is 0 Å². The van der Waals surface area contributed by atoms with Crippen molar-refractivity contribution in [3.63, 3.8) is 0 Å². The maximum Gasteiger partial charge on any atom is 0.00702 e. The molecule has 1 N–H and O–H groups in total. The van der Waals surface area contributed by atoms with Crippen LogP contribution in [-0.2, 0) is 12.8 Å². The quantitative estimate of drug-likeness (QED) is 0.728. The molecule has 0 aromatic heterocycles. The lowest BCUT2D eigenvalue weighted by molar-refractivity contribution is 0.383. The lowest BCUT2D eigenvalue weighted by Crippen LogP contribution is -2.34. The average Bonchev–Trinajstić information content (AvgIpc) is 2.62. The molecule has 0 spiro atoms. The summed E-state index contributed by atoms with van der Waals surface area (Å²) in [7, 11) is 0. The zero-order valence-electron chi connectivity index (χ0n) is 15.4. The van der Waals surface area contributed by atoms with Crippen LogP contribution in [-0.4, -0.2) is 12.6 Å². The fraction of sp³-hybridized carbons (Fsp3) is 0.727. The number of rotatable bonds is 4. The van der Waals surface area contributed by atoms with Crippen molar-refractivity contribution >= 4 is 0 Å². The lowest BCUT2D eigenvalue weighted by Gasteiger charge is -2.23. The first-order chi connectivity index (χ1) is 11.3. The van der Waals surface area contributed by atoms with Crippen LogP contribution in [0.25, 0.3) is 0 Å². The van der Waals surface area contributed by atoms with E-state index in [-0.39, 0.29) is 0 Å². The zero-order chi connectivity index (χ0) is 16.3. The molecule has 1 aromatic rings. The van der Waals surface area contributed by atoms with Gasteiger partial charge in [0.2, 0.25) is 0 Å². The summed E-state index contributed by atoms with van der Waals surface area (Å²) in [5.41, 5.74) is 2.93. The summed E-state index contributed by atoms with van der Waals surface area (Å²) in [5.74, 6) is 1.04. The monoisotopic (exact) mass is 315 g/mol. The van der Waals surface area contributed by atoms with Crippen LogP contribution in [0.5, 0.6) is 0 Å². The standard InChI is InChI=1S/C15H23N.C7H14/c1-2-13-6-8-14(9-7-13)10-11-15-5-3-4-12-16-15;1-7-5-3-2-4-6-7/h6-9,15-16H,2-5,10-12H2,1H3;7H,2-6H2,1H3. The molecule has 23 heavy (non-hydrogen) atoms. The molecule has 1 unspecified atom stereocenters. The van der Waals surface area contributed by atoms with Crippen molar-refractivity contribution in [1.29, 1.82) is 0 Å². The molecule has 2 aliphatic rings. The van der Waals surface area contributed by atoms with E-state index in [0.29, 0.717) is 0 Å². The first-order valence-corrected chi connectivity index (χ1v) is 10.1. The third kappa shape index (κ3) is 7.52. The molecule has 3 rings (SSSR count). The van der Waals surface area contributed by atoms with Gasteiger partial charge in [-0.05, 0) is 55.7 Å². The molecule has 0 radical (unpaired) electrons. The Hall–Kier alpha value is -0.820. The smallest absolute Gasteiger partial charge is 0.00702 e. The summed E-state index contributed by atoms with van der Waals surface area (Å²) >= 11 is 0. The molecule has 1 aliphatic carbocycles. The second-order valence-corrected chi connectivity index (χ2v) is 7.60. The predicted octanol–water partition coefficient (Wildman–Crippen LogP) is 5.91. The van der Waals surface area contributed by atoms with Crippen molar-refractivity contribution in [2.45, 2.75) is 90.5 Å². The van der Waals surface area contributed by atoms with Crippen LogP contribution in [0.1, 0.15) is 82.8 Å². The Morgan fingerprint density at radius 1 is 0.870 bits per heavy atom. The van der Waals surface area contributed by atoms with E-state index in [0.717, 1.165) is 18.4 Å². The Balaban J connectivity index is 0.000000229. The second kappa shape index (κ2) is 10.9. The Bertz CT molecular complexity index is 396. The van der Waals surface area contributed by atoms with Gasteiger partial charge in [-0.3, -0.25) is 0 Å². The second-order valence-electron chi connectivity index (χ2n) is 7.60. The summed E-state index contributed by atoms with van der Waals surface area (Å²) in [4.78, 5) is 0. The molecule has 1 saturated carbocycles. The van der Waals surface area contributed by atoms with Crippen molar-refractivity contribution in [3.8, 4) is 0 Å². The first kappa shape index (κ1) is 18.5. The van der Waals surface area contributed by atoms with Gasteiger partial charge in [-0.15, -0.1) is 0 Å². The number of piperidine rings is 1. The van der Waals surface area contributed by atoms with Crippen molar-refractivity contribution in [2.75, 3.05) is 6.54 Å². The van der Waals surface area contributed by atoms with Gasteiger partial charge < -0.3 is 5.32 Å². The zero-order valence-corrected chi connectivity index (χ0v) is 15.4. The highest BCUT2D eigenvalue weighted by Crippen LogP contribution is 2.22. The molecular weight excluding hydrogens is 278 g/mol. The van der Waals surface area contributed by atoms with Gasteiger partial charge in [0.1, 0.15) is 0 Å². The van der Waals surface area contributed by atoms with Gasteiger partial charge in [-0.1, -0.05) is 76.6 Å². The molecule has 1 heteroatoms. The first-order valence-electron chi connectivity index (χ1n) is 10.1. The lowest BCUT2D eigenvalue weighted by atomic mass is 9.91. The van der Waals surface area contributed by atoms with E-state index >= 15 is 0 Å². The van der Waals surface area contributed by atoms with Crippen LogP contribution in [0, 0.1) is 5.92 Å². The van der Waals surface area contributed by atoms with E-state index in [1.807, 2.05) is 0 Å². The van der Waals surface area contributed by atoms with Gasteiger partial charge in [0.05, 0.1) is 0 Å². The van der Waals surface area contributed by atoms with E-state index in [2.05, 4.69) is 43.4 Å². The van der Waals surface area contributed by atoms with Crippen molar-refractivity contribution in [1.82, 2.24) is 5.32 Å². The number of benzene rings is 1. The largest absolute Gasteiger partial charge is 0.314 e. The SMILES string of the molecule is CC1CCCCC1.CCc1ccc(CCC2CCCCN2)cc1. The summed E-state index contributed by atoms with van der Waals surface area (Å²) < 4.78 is 0. The van der Waals surface area contributed by atoms with Crippen LogP contribution < -0.4 is 5.32 Å². The van der Waals surface area contributed by atoms with E-state index in [4.69, 9.17) is 0 Å². The predicted molar refractivity (Wildman–Crippen MR) is 102 cm³/mol. The highest BCUT2D eigenvalue weighted by molar-refractivity contribution is 5.22.